The molecule has 2 saturated heterocycles. The summed E-state index contributed by atoms with van der Waals surface area (Å²) in [5.41, 5.74) is 5.95. The van der Waals surface area contributed by atoms with E-state index < -0.39 is 0 Å². The van der Waals surface area contributed by atoms with Crippen LogP contribution < -0.4 is 5.73 Å². The molecule has 6 heteroatoms. The molecule has 2 atom stereocenters. The van der Waals surface area contributed by atoms with Crippen molar-refractivity contribution in [2.75, 3.05) is 32.8 Å². The van der Waals surface area contributed by atoms with Crippen molar-refractivity contribution < 1.29 is 9.47 Å². The van der Waals surface area contributed by atoms with Gasteiger partial charge in [-0.1, -0.05) is 0 Å². The van der Waals surface area contributed by atoms with Gasteiger partial charge in [-0.3, -0.25) is 4.99 Å². The van der Waals surface area contributed by atoms with Gasteiger partial charge in [0.05, 0.1) is 25.4 Å². The van der Waals surface area contributed by atoms with Crippen molar-refractivity contribution in [2.45, 2.75) is 32.0 Å². The van der Waals surface area contributed by atoms with Crippen molar-refractivity contribution in [3.05, 3.63) is 0 Å². The lowest BCUT2D eigenvalue weighted by atomic mass is 10.2. The highest BCUT2D eigenvalue weighted by molar-refractivity contribution is 14.0. The summed E-state index contributed by atoms with van der Waals surface area (Å²) in [7, 11) is 0. The first-order valence-electron chi connectivity index (χ1n) is 6.04. The third-order valence-electron chi connectivity index (χ3n) is 3.05. The van der Waals surface area contributed by atoms with Crippen LogP contribution in [-0.4, -0.2) is 55.9 Å². The average Bonchev–Trinajstić information content (AvgIpc) is 2.78. The van der Waals surface area contributed by atoms with Crippen molar-refractivity contribution in [1.29, 1.82) is 0 Å². The number of ether oxygens (including phenoxy) is 2. The zero-order valence-electron chi connectivity index (χ0n) is 10.3. The van der Waals surface area contributed by atoms with Crippen LogP contribution in [0.25, 0.3) is 0 Å². The third kappa shape index (κ3) is 4.59. The molecule has 2 aliphatic heterocycles. The van der Waals surface area contributed by atoms with Crippen molar-refractivity contribution >= 4 is 29.9 Å². The predicted octanol–water partition coefficient (Wildman–Crippen LogP) is 0.819. The third-order valence-corrected chi connectivity index (χ3v) is 3.05. The molecule has 0 aromatic heterocycles. The molecule has 2 heterocycles. The molecule has 5 nitrogen and oxygen atoms in total. The lowest BCUT2D eigenvalue weighted by Gasteiger charge is -2.31. The second-order valence-electron chi connectivity index (χ2n) is 4.46. The smallest absolute Gasteiger partial charge is 0.191 e. The second kappa shape index (κ2) is 7.38. The Balaban J connectivity index is 0.00000144. The fourth-order valence-electron chi connectivity index (χ4n) is 2.11. The average molecular weight is 355 g/mol. The second-order valence-corrected chi connectivity index (χ2v) is 4.46. The molecule has 2 rings (SSSR count). The van der Waals surface area contributed by atoms with Gasteiger partial charge in [-0.2, -0.15) is 0 Å². The number of nitrogens with zero attached hydrogens (tertiary/aromatic N) is 2. The van der Waals surface area contributed by atoms with E-state index in [1.54, 1.807) is 0 Å². The first-order chi connectivity index (χ1) is 7.75. The molecule has 0 saturated carbocycles. The molecule has 0 radical (unpaired) electrons. The summed E-state index contributed by atoms with van der Waals surface area (Å²) in [5.74, 6) is 0.630. The van der Waals surface area contributed by atoms with E-state index in [2.05, 4.69) is 16.8 Å². The van der Waals surface area contributed by atoms with Crippen LogP contribution in [0, 0.1) is 0 Å². The van der Waals surface area contributed by atoms with Gasteiger partial charge in [-0.05, 0) is 19.8 Å². The summed E-state index contributed by atoms with van der Waals surface area (Å²) in [5, 5.41) is 0. The standard InChI is InChI=1S/C11H21N3O2.HI/c1-9-8-14(4-6-15-9)11(12)13-7-10-3-2-5-16-10;/h9-10H,2-8H2,1H3,(H2,12,13);1H. The van der Waals surface area contributed by atoms with Gasteiger partial charge in [0, 0.05) is 19.7 Å². The van der Waals surface area contributed by atoms with Crippen LogP contribution in [0.15, 0.2) is 4.99 Å². The van der Waals surface area contributed by atoms with Crippen molar-refractivity contribution in [3.8, 4) is 0 Å². The molecule has 2 aliphatic rings. The maximum absolute atomic E-state index is 5.95. The molecule has 17 heavy (non-hydrogen) atoms. The zero-order valence-corrected chi connectivity index (χ0v) is 12.6. The number of rotatable bonds is 2. The first kappa shape index (κ1) is 15.0. The summed E-state index contributed by atoms with van der Waals surface area (Å²) in [4.78, 5) is 6.49. The van der Waals surface area contributed by atoms with E-state index in [0.717, 1.165) is 39.1 Å². The van der Waals surface area contributed by atoms with Crippen LogP contribution in [0.5, 0.6) is 0 Å². The summed E-state index contributed by atoms with van der Waals surface area (Å²) in [6, 6.07) is 0. The maximum Gasteiger partial charge on any atom is 0.191 e. The van der Waals surface area contributed by atoms with Gasteiger partial charge >= 0.3 is 0 Å². The zero-order chi connectivity index (χ0) is 11.4. The molecular formula is C11H22IN3O2. The molecule has 2 N–H and O–H groups in total. The quantitative estimate of drug-likeness (QED) is 0.453. The van der Waals surface area contributed by atoms with Crippen LogP contribution in [-0.2, 0) is 9.47 Å². The highest BCUT2D eigenvalue weighted by Crippen LogP contribution is 2.12. The molecule has 0 aromatic rings. The lowest BCUT2D eigenvalue weighted by molar-refractivity contribution is 0.00519. The SMILES string of the molecule is CC1CN(C(N)=NCC2CCCO2)CCO1.I. The number of nitrogens with two attached hydrogens (primary N) is 1. The Kier molecular flexibility index (Phi) is 6.50. The molecule has 0 spiro atoms. The van der Waals surface area contributed by atoms with Gasteiger partial charge in [0.15, 0.2) is 5.96 Å². The highest BCUT2D eigenvalue weighted by atomic mass is 127. The highest BCUT2D eigenvalue weighted by Gasteiger charge is 2.19. The molecule has 0 aliphatic carbocycles. The van der Waals surface area contributed by atoms with Crippen LogP contribution in [0.2, 0.25) is 0 Å². The minimum Gasteiger partial charge on any atom is -0.376 e. The summed E-state index contributed by atoms with van der Waals surface area (Å²) in [6.45, 7) is 6.02. The number of hydrogen-bond donors (Lipinski definition) is 1. The maximum atomic E-state index is 5.95. The van der Waals surface area contributed by atoms with Crippen LogP contribution in [0.1, 0.15) is 19.8 Å². The van der Waals surface area contributed by atoms with E-state index in [-0.39, 0.29) is 36.2 Å². The summed E-state index contributed by atoms with van der Waals surface area (Å²) >= 11 is 0. The Morgan fingerprint density at radius 2 is 2.24 bits per heavy atom. The fourth-order valence-corrected chi connectivity index (χ4v) is 2.11. The van der Waals surface area contributed by atoms with E-state index in [1.807, 2.05) is 0 Å². The van der Waals surface area contributed by atoms with E-state index in [1.165, 1.54) is 0 Å². The summed E-state index contributed by atoms with van der Waals surface area (Å²) < 4.78 is 11.0. The molecule has 100 valence electrons. The number of guanidine groups is 1. The minimum atomic E-state index is 0. The molecule has 2 fully saturated rings. The number of aliphatic imine (C=N–C) groups is 1. The minimum absolute atomic E-state index is 0. The first-order valence-corrected chi connectivity index (χ1v) is 6.04. The van der Waals surface area contributed by atoms with Gasteiger partial charge < -0.3 is 20.1 Å². The van der Waals surface area contributed by atoms with Gasteiger partial charge in [-0.25, -0.2) is 0 Å². The summed E-state index contributed by atoms with van der Waals surface area (Å²) in [6.07, 6.45) is 2.77. The van der Waals surface area contributed by atoms with Gasteiger partial charge in [0.2, 0.25) is 0 Å². The van der Waals surface area contributed by atoms with Gasteiger partial charge in [0.1, 0.15) is 0 Å². The topological polar surface area (TPSA) is 60.1 Å². The molecule has 2 unspecified atom stereocenters. The Labute approximate surface area is 120 Å². The number of halogens is 1. The van der Waals surface area contributed by atoms with Crippen molar-refractivity contribution in [2.24, 2.45) is 10.7 Å². The largest absolute Gasteiger partial charge is 0.376 e. The fraction of sp³-hybridized carbons (Fsp3) is 0.909. The van der Waals surface area contributed by atoms with Crippen molar-refractivity contribution in [3.63, 3.8) is 0 Å². The van der Waals surface area contributed by atoms with Crippen LogP contribution >= 0.6 is 24.0 Å². The lowest BCUT2D eigenvalue weighted by Crippen LogP contribution is -2.48. The van der Waals surface area contributed by atoms with Crippen molar-refractivity contribution in [1.82, 2.24) is 4.90 Å². The molecule has 0 amide bonds. The Hall–Kier alpha value is -0.0800. The van der Waals surface area contributed by atoms with Crippen LogP contribution in [0.3, 0.4) is 0 Å². The van der Waals surface area contributed by atoms with E-state index in [9.17, 15) is 0 Å². The Morgan fingerprint density at radius 3 is 2.88 bits per heavy atom. The van der Waals surface area contributed by atoms with E-state index in [0.29, 0.717) is 12.5 Å². The molecule has 0 aromatic carbocycles. The van der Waals surface area contributed by atoms with Gasteiger partial charge in [-0.15, -0.1) is 24.0 Å². The van der Waals surface area contributed by atoms with E-state index >= 15 is 0 Å². The predicted molar refractivity (Wildman–Crippen MR) is 77.9 cm³/mol. The van der Waals surface area contributed by atoms with Crippen LogP contribution in [0.4, 0.5) is 0 Å². The monoisotopic (exact) mass is 355 g/mol. The number of morpholine rings is 1. The molecular weight excluding hydrogens is 333 g/mol. The van der Waals surface area contributed by atoms with E-state index in [4.69, 9.17) is 15.2 Å². The van der Waals surface area contributed by atoms with Gasteiger partial charge in [0.25, 0.3) is 0 Å². The Morgan fingerprint density at radius 1 is 1.41 bits per heavy atom. The Bertz CT molecular complexity index is 257. The number of hydrogen-bond acceptors (Lipinski definition) is 3. The normalized spacial score (nSPS) is 30.2. The molecule has 0 bridgehead atoms.